The third-order valence-corrected chi connectivity index (χ3v) is 8.78. The Morgan fingerprint density at radius 2 is 1.00 bits per heavy atom. The molecule has 4 saturated carbocycles. The second kappa shape index (κ2) is 12.9. The molecule has 0 spiro atoms. The van der Waals surface area contributed by atoms with Gasteiger partial charge in [-0.2, -0.15) is 0 Å². The van der Waals surface area contributed by atoms with Crippen molar-refractivity contribution in [2.75, 3.05) is 0 Å². The highest BCUT2D eigenvalue weighted by Crippen LogP contribution is 2.35. The van der Waals surface area contributed by atoms with Gasteiger partial charge in [0.2, 0.25) is 0 Å². The first kappa shape index (κ1) is 24.7. The summed E-state index contributed by atoms with van der Waals surface area (Å²) in [5.41, 5.74) is 0. The molecule has 3 amide bonds. The summed E-state index contributed by atoms with van der Waals surface area (Å²) in [5, 5.41) is 9.57. The van der Waals surface area contributed by atoms with Crippen LogP contribution >= 0.6 is 0 Å². The molecule has 4 fully saturated rings. The molecule has 4 aliphatic rings. The number of ether oxygens (including phenoxy) is 1. The third-order valence-electron chi connectivity index (χ3n) is 8.78. The van der Waals surface area contributed by atoms with Gasteiger partial charge in [0.1, 0.15) is 6.10 Å². The van der Waals surface area contributed by atoms with Gasteiger partial charge in [-0.25, -0.2) is 9.59 Å². The van der Waals surface area contributed by atoms with E-state index in [1.807, 2.05) is 0 Å². The molecule has 3 N–H and O–H groups in total. The van der Waals surface area contributed by atoms with Crippen molar-refractivity contribution in [3.05, 3.63) is 0 Å². The fourth-order valence-electron chi connectivity index (χ4n) is 6.75. The predicted octanol–water partition coefficient (Wildman–Crippen LogP) is 6.18. The number of carbonyl (C=O) groups is 2. The number of hydrogen-bond donors (Lipinski definition) is 3. The highest BCUT2D eigenvalue weighted by atomic mass is 16.6. The van der Waals surface area contributed by atoms with E-state index >= 15 is 0 Å². The summed E-state index contributed by atoms with van der Waals surface area (Å²) in [4.78, 5) is 24.6. The minimum absolute atomic E-state index is 0.0539. The van der Waals surface area contributed by atoms with E-state index in [9.17, 15) is 9.59 Å². The van der Waals surface area contributed by atoms with Gasteiger partial charge in [0.05, 0.1) is 0 Å². The van der Waals surface area contributed by atoms with E-state index in [-0.39, 0.29) is 18.2 Å². The average Bonchev–Trinajstić information content (AvgIpc) is 2.83. The van der Waals surface area contributed by atoms with Crippen LogP contribution in [0.25, 0.3) is 0 Å². The van der Waals surface area contributed by atoms with E-state index in [1.165, 1.54) is 70.6 Å². The van der Waals surface area contributed by atoms with Crippen LogP contribution in [0.3, 0.4) is 0 Å². The lowest BCUT2D eigenvalue weighted by Gasteiger charge is -2.35. The van der Waals surface area contributed by atoms with Crippen molar-refractivity contribution >= 4 is 12.1 Å². The van der Waals surface area contributed by atoms with Crippen LogP contribution in [0, 0.1) is 11.8 Å². The van der Waals surface area contributed by atoms with Crippen molar-refractivity contribution in [3.63, 3.8) is 0 Å². The first-order valence-electron chi connectivity index (χ1n) is 14.2. The number of alkyl carbamates (subject to hydrolysis) is 1. The number of nitrogens with one attached hydrogen (secondary N) is 3. The maximum atomic E-state index is 12.3. The van der Waals surface area contributed by atoms with Crippen LogP contribution in [0.2, 0.25) is 0 Å². The molecule has 6 heteroatoms. The van der Waals surface area contributed by atoms with Gasteiger partial charge in [-0.3, -0.25) is 0 Å². The fourth-order valence-corrected chi connectivity index (χ4v) is 6.75. The number of carbonyl (C=O) groups excluding carboxylic acids is 2. The van der Waals surface area contributed by atoms with Gasteiger partial charge in [0.15, 0.2) is 0 Å². The molecule has 188 valence electrons. The molecular formula is C27H47N3O3. The molecule has 0 aromatic carbocycles. The predicted molar refractivity (Wildman–Crippen MR) is 131 cm³/mol. The van der Waals surface area contributed by atoms with E-state index in [0.29, 0.717) is 18.1 Å². The molecule has 0 atom stereocenters. The van der Waals surface area contributed by atoms with Crippen LogP contribution in [0.4, 0.5) is 9.59 Å². The monoisotopic (exact) mass is 461 g/mol. The van der Waals surface area contributed by atoms with E-state index in [0.717, 1.165) is 63.2 Å². The van der Waals surface area contributed by atoms with Crippen molar-refractivity contribution in [3.8, 4) is 0 Å². The molecule has 0 aromatic rings. The largest absolute Gasteiger partial charge is 0.446 e. The standard InChI is InChI=1S/C27H47N3O3/c31-26(28-22-7-3-1-4-8-22)29-23-15-11-20(12-16-23)19-21-13-17-24(18-14-21)30-27(32)33-25-9-5-2-6-10-25/h20-25H,1-19H2,(H,30,32)(H2,28,29,31). The summed E-state index contributed by atoms with van der Waals surface area (Å²) < 4.78 is 5.64. The summed E-state index contributed by atoms with van der Waals surface area (Å²) in [5.74, 6) is 1.59. The number of hydrogen-bond acceptors (Lipinski definition) is 3. The third kappa shape index (κ3) is 8.36. The highest BCUT2D eigenvalue weighted by molar-refractivity contribution is 5.74. The lowest BCUT2D eigenvalue weighted by Crippen LogP contribution is -2.47. The van der Waals surface area contributed by atoms with Gasteiger partial charge in [-0.05, 0) is 108 Å². The maximum Gasteiger partial charge on any atom is 0.407 e. The molecule has 0 radical (unpaired) electrons. The molecule has 0 bridgehead atoms. The Balaban J connectivity index is 1.06. The average molecular weight is 462 g/mol. The summed E-state index contributed by atoms with van der Waals surface area (Å²) in [6, 6.07) is 1.08. The van der Waals surface area contributed by atoms with Crippen molar-refractivity contribution < 1.29 is 14.3 Å². The fraction of sp³-hybridized carbons (Fsp3) is 0.926. The summed E-state index contributed by atoms with van der Waals surface area (Å²) in [6.07, 6.45) is 22.4. The van der Waals surface area contributed by atoms with Crippen LogP contribution in [-0.2, 0) is 4.74 Å². The first-order valence-corrected chi connectivity index (χ1v) is 14.2. The summed E-state index contributed by atoms with van der Waals surface area (Å²) in [6.45, 7) is 0. The molecule has 0 saturated heterocycles. The van der Waals surface area contributed by atoms with Crippen LogP contribution in [0.5, 0.6) is 0 Å². The zero-order valence-electron chi connectivity index (χ0n) is 20.6. The second-order valence-electron chi connectivity index (χ2n) is 11.4. The number of rotatable bonds is 6. The smallest absolute Gasteiger partial charge is 0.407 e. The number of amides is 3. The Labute approximate surface area is 200 Å². The number of urea groups is 1. The van der Waals surface area contributed by atoms with E-state index in [1.54, 1.807) is 0 Å². The van der Waals surface area contributed by atoms with Gasteiger partial charge >= 0.3 is 12.1 Å². The van der Waals surface area contributed by atoms with Crippen molar-refractivity contribution in [2.45, 2.75) is 146 Å². The van der Waals surface area contributed by atoms with Crippen LogP contribution in [0.15, 0.2) is 0 Å². The Morgan fingerprint density at radius 1 is 0.545 bits per heavy atom. The highest BCUT2D eigenvalue weighted by Gasteiger charge is 2.29. The Morgan fingerprint density at radius 3 is 1.55 bits per heavy atom. The van der Waals surface area contributed by atoms with Crippen LogP contribution < -0.4 is 16.0 Å². The lowest BCUT2D eigenvalue weighted by molar-refractivity contribution is 0.0704. The van der Waals surface area contributed by atoms with Crippen molar-refractivity contribution in [1.29, 1.82) is 0 Å². The first-order chi connectivity index (χ1) is 16.1. The van der Waals surface area contributed by atoms with Gasteiger partial charge in [-0.1, -0.05) is 25.7 Å². The summed E-state index contributed by atoms with van der Waals surface area (Å²) in [7, 11) is 0. The SMILES string of the molecule is O=C(NC1CCCCC1)NC1CCC(CC2CCC(NC(=O)OC3CCCCC3)CC2)CC1. The maximum absolute atomic E-state index is 12.3. The second-order valence-corrected chi connectivity index (χ2v) is 11.4. The molecule has 4 rings (SSSR count). The Bertz CT molecular complexity index is 548. The summed E-state index contributed by atoms with van der Waals surface area (Å²) >= 11 is 0. The van der Waals surface area contributed by atoms with E-state index < -0.39 is 0 Å². The molecule has 0 unspecified atom stereocenters. The minimum Gasteiger partial charge on any atom is -0.446 e. The van der Waals surface area contributed by atoms with E-state index in [2.05, 4.69) is 16.0 Å². The van der Waals surface area contributed by atoms with Gasteiger partial charge < -0.3 is 20.7 Å². The zero-order valence-corrected chi connectivity index (χ0v) is 20.6. The van der Waals surface area contributed by atoms with Gasteiger partial charge in [-0.15, -0.1) is 0 Å². The topological polar surface area (TPSA) is 79.5 Å². The molecule has 6 nitrogen and oxygen atoms in total. The molecule has 33 heavy (non-hydrogen) atoms. The quantitative estimate of drug-likeness (QED) is 0.441. The Hall–Kier alpha value is -1.46. The van der Waals surface area contributed by atoms with Gasteiger partial charge in [0.25, 0.3) is 0 Å². The van der Waals surface area contributed by atoms with E-state index in [4.69, 9.17) is 4.74 Å². The molecule has 0 heterocycles. The van der Waals surface area contributed by atoms with Crippen LogP contribution in [-0.4, -0.2) is 36.4 Å². The Kier molecular flexibility index (Phi) is 9.60. The van der Waals surface area contributed by atoms with Crippen molar-refractivity contribution in [1.82, 2.24) is 16.0 Å². The minimum atomic E-state index is -0.191. The van der Waals surface area contributed by atoms with Gasteiger partial charge in [0, 0.05) is 18.1 Å². The lowest BCUT2D eigenvalue weighted by atomic mass is 9.76. The normalized spacial score (nSPS) is 32.0. The molecule has 4 aliphatic carbocycles. The zero-order chi connectivity index (χ0) is 22.9. The molecular weight excluding hydrogens is 414 g/mol. The van der Waals surface area contributed by atoms with Crippen molar-refractivity contribution in [2.24, 2.45) is 11.8 Å². The van der Waals surface area contributed by atoms with Crippen LogP contribution in [0.1, 0.15) is 122 Å². The molecule has 0 aromatic heterocycles. The molecule has 0 aliphatic heterocycles.